The second-order valence-electron chi connectivity index (χ2n) is 3.19. The number of aliphatic carboxylic acids is 1. The zero-order chi connectivity index (χ0) is 13.7. The van der Waals surface area contributed by atoms with Crippen molar-refractivity contribution in [1.29, 1.82) is 0 Å². The second-order valence-corrected chi connectivity index (χ2v) is 3.60. The molecular weight excluding hydrogens is 262 g/mol. The number of anilines is 1. The van der Waals surface area contributed by atoms with Crippen molar-refractivity contribution in [3.63, 3.8) is 0 Å². The first kappa shape index (κ1) is 14.0. The molecular formula is C9H12ClN5O3. The van der Waals surface area contributed by atoms with Gasteiger partial charge in [-0.05, 0) is 6.92 Å². The van der Waals surface area contributed by atoms with Crippen molar-refractivity contribution >= 4 is 34.9 Å². The van der Waals surface area contributed by atoms with Crippen LogP contribution >= 0.6 is 11.8 Å². The molecule has 2 rings (SSSR count). The van der Waals surface area contributed by atoms with E-state index in [0.29, 0.717) is 23.7 Å². The Morgan fingerprint density at radius 2 is 2.22 bits per heavy atom. The highest BCUT2D eigenvalue weighted by atomic mass is 35.5. The molecule has 8 nitrogen and oxygen atoms in total. The summed E-state index contributed by atoms with van der Waals surface area (Å²) in [5.74, 6) is -0.529. The van der Waals surface area contributed by atoms with Crippen molar-refractivity contribution < 1.29 is 9.90 Å². The number of hydrogen-bond acceptors (Lipinski definition) is 5. The number of carbonyl (C=O) groups is 1. The van der Waals surface area contributed by atoms with Gasteiger partial charge in [-0.25, -0.2) is 4.98 Å². The molecule has 0 saturated carbocycles. The molecule has 0 amide bonds. The van der Waals surface area contributed by atoms with Crippen LogP contribution in [0, 0.1) is 0 Å². The van der Waals surface area contributed by atoms with Crippen LogP contribution < -0.4 is 9.98 Å². The van der Waals surface area contributed by atoms with Gasteiger partial charge in [-0.2, -0.15) is 4.98 Å². The van der Waals surface area contributed by atoms with Crippen molar-refractivity contribution in [1.82, 2.24) is 19.9 Å². The minimum atomic E-state index is -0.833. The summed E-state index contributed by atoms with van der Waals surface area (Å²) >= 11 is 5.79. The molecule has 2 heterocycles. The molecule has 0 unspecified atom stereocenters. The van der Waals surface area contributed by atoms with E-state index in [4.69, 9.17) is 21.7 Å². The second kappa shape index (κ2) is 6.01. The summed E-state index contributed by atoms with van der Waals surface area (Å²) in [6.07, 6.45) is 1.42. The molecule has 0 radical (unpaired) electrons. The van der Waals surface area contributed by atoms with Gasteiger partial charge >= 0.3 is 0 Å². The van der Waals surface area contributed by atoms with Gasteiger partial charge in [0.05, 0.1) is 6.33 Å². The number of rotatable bonds is 2. The Labute approximate surface area is 107 Å². The number of imidazole rings is 1. The SMILES string of the molecule is CC(=O)O.CCN(Cl)c1nc2nc[nH]c2c(=O)[nH]1. The lowest BCUT2D eigenvalue weighted by Crippen LogP contribution is -2.18. The first-order valence-corrected chi connectivity index (χ1v) is 5.35. The molecule has 9 heteroatoms. The van der Waals surface area contributed by atoms with Gasteiger partial charge in [0, 0.05) is 25.2 Å². The summed E-state index contributed by atoms with van der Waals surface area (Å²) in [6.45, 7) is 3.47. The quantitative estimate of drug-likeness (QED) is 0.695. The van der Waals surface area contributed by atoms with Crippen LogP contribution in [0.5, 0.6) is 0 Å². The fourth-order valence-corrected chi connectivity index (χ4v) is 1.18. The van der Waals surface area contributed by atoms with E-state index in [2.05, 4.69) is 19.9 Å². The number of nitrogens with zero attached hydrogens (tertiary/aromatic N) is 3. The topological polar surface area (TPSA) is 115 Å². The predicted octanol–water partition coefficient (Wildman–Crippen LogP) is 0.717. The van der Waals surface area contributed by atoms with Crippen LogP contribution in [-0.4, -0.2) is 37.6 Å². The molecule has 0 aliphatic heterocycles. The molecule has 2 aromatic heterocycles. The molecule has 0 aliphatic rings. The van der Waals surface area contributed by atoms with E-state index >= 15 is 0 Å². The van der Waals surface area contributed by atoms with E-state index in [9.17, 15) is 4.79 Å². The van der Waals surface area contributed by atoms with E-state index < -0.39 is 5.97 Å². The predicted molar refractivity (Wildman–Crippen MR) is 66.7 cm³/mol. The smallest absolute Gasteiger partial charge is 0.300 e. The number of carboxylic acid groups (broad SMARTS) is 1. The average molecular weight is 274 g/mol. The molecule has 3 N–H and O–H groups in total. The van der Waals surface area contributed by atoms with Crippen molar-refractivity contribution in [2.24, 2.45) is 0 Å². The van der Waals surface area contributed by atoms with Crippen LogP contribution in [-0.2, 0) is 4.79 Å². The van der Waals surface area contributed by atoms with Gasteiger partial charge in [0.15, 0.2) is 11.2 Å². The lowest BCUT2D eigenvalue weighted by molar-refractivity contribution is -0.134. The molecule has 0 aliphatic carbocycles. The summed E-state index contributed by atoms with van der Waals surface area (Å²) < 4.78 is 1.32. The first-order valence-electron chi connectivity index (χ1n) is 5.02. The lowest BCUT2D eigenvalue weighted by Gasteiger charge is -2.09. The van der Waals surface area contributed by atoms with E-state index in [1.807, 2.05) is 6.92 Å². The number of nitrogens with one attached hydrogen (secondary N) is 2. The molecule has 2 aromatic rings. The summed E-state index contributed by atoms with van der Waals surface area (Å²) in [6, 6.07) is 0. The number of aromatic nitrogens is 4. The number of hydrogen-bond donors (Lipinski definition) is 3. The number of halogens is 1. The number of aromatic amines is 2. The maximum atomic E-state index is 11.4. The zero-order valence-corrected chi connectivity index (χ0v) is 10.5. The van der Waals surface area contributed by atoms with Crippen LogP contribution in [0.1, 0.15) is 13.8 Å². The molecule has 0 fully saturated rings. The van der Waals surface area contributed by atoms with Crippen molar-refractivity contribution in [2.45, 2.75) is 13.8 Å². The molecule has 0 bridgehead atoms. The van der Waals surface area contributed by atoms with Crippen LogP contribution in [0.2, 0.25) is 0 Å². The molecule has 18 heavy (non-hydrogen) atoms. The van der Waals surface area contributed by atoms with Crippen molar-refractivity contribution in [3.8, 4) is 0 Å². The van der Waals surface area contributed by atoms with E-state index in [1.165, 1.54) is 10.7 Å². The van der Waals surface area contributed by atoms with Crippen molar-refractivity contribution in [2.75, 3.05) is 11.0 Å². The van der Waals surface area contributed by atoms with Gasteiger partial charge < -0.3 is 10.1 Å². The number of H-pyrrole nitrogens is 2. The summed E-state index contributed by atoms with van der Waals surface area (Å²) in [5, 5.41) is 7.42. The van der Waals surface area contributed by atoms with Crippen LogP contribution in [0.4, 0.5) is 5.95 Å². The molecule has 0 saturated heterocycles. The highest BCUT2D eigenvalue weighted by molar-refractivity contribution is 6.25. The zero-order valence-electron chi connectivity index (χ0n) is 9.77. The third kappa shape index (κ3) is 3.45. The van der Waals surface area contributed by atoms with E-state index in [0.717, 1.165) is 6.92 Å². The summed E-state index contributed by atoms with van der Waals surface area (Å²) in [5.41, 5.74) is 0.444. The summed E-state index contributed by atoms with van der Waals surface area (Å²) in [4.78, 5) is 33.6. The Morgan fingerprint density at radius 1 is 1.61 bits per heavy atom. The Balaban J connectivity index is 0.000000357. The van der Waals surface area contributed by atoms with E-state index in [1.54, 1.807) is 0 Å². The largest absolute Gasteiger partial charge is 0.481 e. The number of carboxylic acids is 1. The third-order valence-electron chi connectivity index (χ3n) is 1.79. The molecule has 0 aromatic carbocycles. The first-order chi connectivity index (χ1) is 8.45. The fraction of sp³-hybridized carbons (Fsp3) is 0.333. The Morgan fingerprint density at radius 3 is 2.78 bits per heavy atom. The summed E-state index contributed by atoms with van der Waals surface area (Å²) in [7, 11) is 0. The highest BCUT2D eigenvalue weighted by Gasteiger charge is 2.08. The Kier molecular flexibility index (Phi) is 4.67. The maximum Gasteiger partial charge on any atom is 0.300 e. The molecule has 0 atom stereocenters. The van der Waals surface area contributed by atoms with Gasteiger partial charge in [0.2, 0.25) is 5.95 Å². The standard InChI is InChI=1S/C7H8ClN5O.C2H4O2/c1-2-13(8)7-11-5-4(6(14)12-7)9-3-10-5;1-2(3)4/h3H,2H2,1H3,(H2,9,10,11,12,14);1H3,(H,3,4). The monoisotopic (exact) mass is 273 g/mol. The lowest BCUT2D eigenvalue weighted by atomic mass is 10.5. The van der Waals surface area contributed by atoms with E-state index in [-0.39, 0.29) is 5.56 Å². The van der Waals surface area contributed by atoms with Gasteiger partial charge in [0.1, 0.15) is 0 Å². The third-order valence-corrected chi connectivity index (χ3v) is 2.19. The van der Waals surface area contributed by atoms with Gasteiger partial charge in [-0.3, -0.25) is 19.0 Å². The molecule has 98 valence electrons. The minimum Gasteiger partial charge on any atom is -0.481 e. The van der Waals surface area contributed by atoms with Gasteiger partial charge in [0.25, 0.3) is 11.5 Å². The number of fused-ring (bicyclic) bond motifs is 1. The highest BCUT2D eigenvalue weighted by Crippen LogP contribution is 2.09. The fourth-order valence-electron chi connectivity index (χ4n) is 1.10. The average Bonchev–Trinajstić information content (AvgIpc) is 2.75. The van der Waals surface area contributed by atoms with Crippen molar-refractivity contribution in [3.05, 3.63) is 16.7 Å². The van der Waals surface area contributed by atoms with Crippen LogP contribution in [0.25, 0.3) is 11.2 Å². The minimum absolute atomic E-state index is 0.276. The normalized spacial score (nSPS) is 9.72. The maximum absolute atomic E-state index is 11.4. The van der Waals surface area contributed by atoms with Crippen LogP contribution in [0.15, 0.2) is 11.1 Å². The van der Waals surface area contributed by atoms with Gasteiger partial charge in [-0.1, -0.05) is 0 Å². The Hall–Kier alpha value is -2.09. The van der Waals surface area contributed by atoms with Crippen LogP contribution in [0.3, 0.4) is 0 Å². The van der Waals surface area contributed by atoms with Gasteiger partial charge in [-0.15, -0.1) is 0 Å². The molecule has 0 spiro atoms. The Bertz CT molecular complexity index is 589.